The van der Waals surface area contributed by atoms with Gasteiger partial charge in [0.1, 0.15) is 12.6 Å². The molecule has 0 bridgehead atoms. The van der Waals surface area contributed by atoms with Gasteiger partial charge in [-0.3, -0.25) is 13.9 Å². The molecular weight excluding hydrogens is 640 g/mol. The van der Waals surface area contributed by atoms with Gasteiger partial charge in [-0.2, -0.15) is 0 Å². The van der Waals surface area contributed by atoms with Crippen LogP contribution in [0.15, 0.2) is 65.6 Å². The van der Waals surface area contributed by atoms with Crippen molar-refractivity contribution in [2.45, 2.75) is 63.1 Å². The molecule has 1 aliphatic rings. The van der Waals surface area contributed by atoms with Crippen LogP contribution in [0, 0.1) is 6.92 Å². The molecule has 1 saturated carbocycles. The lowest BCUT2D eigenvalue weighted by Crippen LogP contribution is -2.52. The molecular formula is C30H31Cl4N3O4S. The van der Waals surface area contributed by atoms with E-state index in [1.54, 1.807) is 37.3 Å². The fourth-order valence-corrected chi connectivity index (χ4v) is 7.24. The van der Waals surface area contributed by atoms with Gasteiger partial charge in [0.05, 0.1) is 10.6 Å². The first-order chi connectivity index (χ1) is 19.8. The molecule has 42 heavy (non-hydrogen) atoms. The number of anilines is 1. The van der Waals surface area contributed by atoms with Crippen molar-refractivity contribution in [3.05, 3.63) is 91.9 Å². The maximum absolute atomic E-state index is 14.1. The predicted molar refractivity (Wildman–Crippen MR) is 169 cm³/mol. The molecule has 0 saturated heterocycles. The van der Waals surface area contributed by atoms with Gasteiger partial charge >= 0.3 is 0 Å². The number of nitrogens with zero attached hydrogens (tertiary/aromatic N) is 2. The standard InChI is InChI=1S/C30H31Cl4N3O4S/c1-19-7-11-27(12-8-19)42(40,41)37(26-14-23(32)13-24(33)15-26)18-29(38)36(17-21-9-10-22(31)16-28(21)34)20(2)30(39)35-25-5-3-4-6-25/h7-16,20,25H,3-6,17-18H2,1-2H3,(H,35,39). The van der Waals surface area contributed by atoms with E-state index in [0.717, 1.165) is 35.6 Å². The number of rotatable bonds is 10. The molecule has 7 nitrogen and oxygen atoms in total. The van der Waals surface area contributed by atoms with E-state index in [1.165, 1.54) is 35.2 Å². The van der Waals surface area contributed by atoms with Crippen LogP contribution in [0.1, 0.15) is 43.7 Å². The van der Waals surface area contributed by atoms with Crippen LogP contribution >= 0.6 is 46.4 Å². The van der Waals surface area contributed by atoms with Gasteiger partial charge in [-0.15, -0.1) is 0 Å². The Morgan fingerprint density at radius 3 is 2.12 bits per heavy atom. The minimum absolute atomic E-state index is 0.0173. The van der Waals surface area contributed by atoms with Crippen molar-refractivity contribution in [3.63, 3.8) is 0 Å². The van der Waals surface area contributed by atoms with Gasteiger partial charge in [0, 0.05) is 32.7 Å². The summed E-state index contributed by atoms with van der Waals surface area (Å²) in [5.74, 6) is -0.957. The van der Waals surface area contributed by atoms with Gasteiger partial charge < -0.3 is 10.2 Å². The summed E-state index contributed by atoms with van der Waals surface area (Å²) in [6, 6.07) is 14.5. The largest absolute Gasteiger partial charge is 0.352 e. The molecule has 2 amide bonds. The number of hydrogen-bond acceptors (Lipinski definition) is 4. The number of carbonyl (C=O) groups is 2. The lowest BCUT2D eigenvalue weighted by molar-refractivity contribution is -0.139. The first-order valence-corrected chi connectivity index (χ1v) is 16.4. The van der Waals surface area contributed by atoms with E-state index in [-0.39, 0.29) is 39.1 Å². The third kappa shape index (κ3) is 7.91. The minimum atomic E-state index is -4.26. The monoisotopic (exact) mass is 669 g/mol. The molecule has 1 N–H and O–H groups in total. The van der Waals surface area contributed by atoms with Crippen LogP contribution in [0.2, 0.25) is 20.1 Å². The van der Waals surface area contributed by atoms with E-state index < -0.39 is 28.5 Å². The normalized spacial score (nSPS) is 14.4. The number of sulfonamides is 1. The maximum Gasteiger partial charge on any atom is 0.264 e. The Morgan fingerprint density at radius 2 is 1.52 bits per heavy atom. The summed E-state index contributed by atoms with van der Waals surface area (Å²) >= 11 is 25.0. The van der Waals surface area contributed by atoms with Gasteiger partial charge in [0.25, 0.3) is 10.0 Å². The molecule has 1 atom stereocenters. The van der Waals surface area contributed by atoms with Crippen molar-refractivity contribution in [2.75, 3.05) is 10.8 Å². The lowest BCUT2D eigenvalue weighted by Gasteiger charge is -2.32. The summed E-state index contributed by atoms with van der Waals surface area (Å²) in [5, 5.41) is 4.16. The van der Waals surface area contributed by atoms with Gasteiger partial charge in [0.2, 0.25) is 11.8 Å². The molecule has 0 radical (unpaired) electrons. The molecule has 0 aliphatic heterocycles. The zero-order chi connectivity index (χ0) is 30.6. The fraction of sp³-hybridized carbons (Fsp3) is 0.333. The second kappa shape index (κ2) is 13.9. The van der Waals surface area contributed by atoms with Crippen LogP contribution in [-0.4, -0.2) is 43.8 Å². The first kappa shape index (κ1) is 32.4. The molecule has 224 valence electrons. The van der Waals surface area contributed by atoms with Crippen molar-refractivity contribution >= 4 is 73.9 Å². The van der Waals surface area contributed by atoms with Crippen LogP contribution < -0.4 is 9.62 Å². The van der Waals surface area contributed by atoms with E-state index in [9.17, 15) is 18.0 Å². The zero-order valence-electron chi connectivity index (χ0n) is 23.1. The summed E-state index contributed by atoms with van der Waals surface area (Å²) in [5.41, 5.74) is 1.53. The van der Waals surface area contributed by atoms with E-state index >= 15 is 0 Å². The predicted octanol–water partition coefficient (Wildman–Crippen LogP) is 7.28. The Kier molecular flexibility index (Phi) is 10.7. The summed E-state index contributed by atoms with van der Waals surface area (Å²) in [4.78, 5) is 28.7. The van der Waals surface area contributed by atoms with Crippen molar-refractivity contribution in [1.29, 1.82) is 0 Å². The average molecular weight is 671 g/mol. The van der Waals surface area contributed by atoms with Crippen LogP contribution in [0.4, 0.5) is 5.69 Å². The Balaban J connectivity index is 1.73. The van der Waals surface area contributed by atoms with E-state index in [0.29, 0.717) is 15.6 Å². The van der Waals surface area contributed by atoms with Crippen LogP contribution in [0.3, 0.4) is 0 Å². The minimum Gasteiger partial charge on any atom is -0.352 e. The Morgan fingerprint density at radius 1 is 0.905 bits per heavy atom. The molecule has 1 fully saturated rings. The number of nitrogens with one attached hydrogen (secondary N) is 1. The first-order valence-electron chi connectivity index (χ1n) is 13.4. The van der Waals surface area contributed by atoms with Crippen LogP contribution in [-0.2, 0) is 26.2 Å². The molecule has 3 aromatic rings. The Hall–Kier alpha value is -2.49. The second-order valence-electron chi connectivity index (χ2n) is 10.4. The van der Waals surface area contributed by atoms with Crippen molar-refractivity contribution in [2.24, 2.45) is 0 Å². The van der Waals surface area contributed by atoms with Crippen LogP contribution in [0.25, 0.3) is 0 Å². The summed E-state index contributed by atoms with van der Waals surface area (Å²) < 4.78 is 28.9. The highest BCUT2D eigenvalue weighted by Crippen LogP contribution is 2.31. The van der Waals surface area contributed by atoms with Crippen molar-refractivity contribution < 1.29 is 18.0 Å². The highest BCUT2D eigenvalue weighted by molar-refractivity contribution is 7.92. The van der Waals surface area contributed by atoms with E-state index in [4.69, 9.17) is 46.4 Å². The summed E-state index contributed by atoms with van der Waals surface area (Å²) in [7, 11) is -4.26. The average Bonchev–Trinajstić information content (AvgIpc) is 3.43. The van der Waals surface area contributed by atoms with Gasteiger partial charge in [-0.25, -0.2) is 8.42 Å². The summed E-state index contributed by atoms with van der Waals surface area (Å²) in [6.45, 7) is 2.77. The van der Waals surface area contributed by atoms with Crippen molar-refractivity contribution in [1.82, 2.24) is 10.2 Å². The number of amides is 2. The number of halogens is 4. The molecule has 1 unspecified atom stereocenters. The fourth-order valence-electron chi connectivity index (χ4n) is 4.86. The number of aryl methyl sites for hydroxylation is 1. The van der Waals surface area contributed by atoms with Gasteiger partial charge in [-0.1, -0.05) is 83.0 Å². The molecule has 1 aliphatic carbocycles. The highest BCUT2D eigenvalue weighted by Gasteiger charge is 2.34. The zero-order valence-corrected chi connectivity index (χ0v) is 27.0. The quantitative estimate of drug-likeness (QED) is 0.246. The number of benzene rings is 3. The van der Waals surface area contributed by atoms with E-state index in [1.807, 2.05) is 6.92 Å². The molecule has 3 aromatic carbocycles. The third-order valence-corrected chi connectivity index (χ3v) is 10.1. The number of hydrogen-bond donors (Lipinski definition) is 1. The van der Waals surface area contributed by atoms with Crippen LogP contribution in [0.5, 0.6) is 0 Å². The Labute approximate surface area is 266 Å². The smallest absolute Gasteiger partial charge is 0.264 e. The highest BCUT2D eigenvalue weighted by atomic mass is 35.5. The van der Waals surface area contributed by atoms with E-state index in [2.05, 4.69) is 5.32 Å². The van der Waals surface area contributed by atoms with Gasteiger partial charge in [-0.05, 0) is 74.7 Å². The molecule has 0 spiro atoms. The second-order valence-corrected chi connectivity index (χ2v) is 14.0. The molecule has 12 heteroatoms. The SMILES string of the molecule is Cc1ccc(S(=O)(=O)N(CC(=O)N(Cc2ccc(Cl)cc2Cl)C(C)C(=O)NC2CCCC2)c2cc(Cl)cc(Cl)c2)cc1. The molecule has 0 heterocycles. The third-order valence-electron chi connectivity index (χ3n) is 7.25. The molecule has 0 aromatic heterocycles. The lowest BCUT2D eigenvalue weighted by atomic mass is 10.1. The summed E-state index contributed by atoms with van der Waals surface area (Å²) in [6.07, 6.45) is 3.79. The molecule has 4 rings (SSSR count). The van der Waals surface area contributed by atoms with Gasteiger partial charge in [0.15, 0.2) is 0 Å². The maximum atomic E-state index is 14.1. The topological polar surface area (TPSA) is 86.8 Å². The number of carbonyl (C=O) groups excluding carboxylic acids is 2. The Bertz CT molecular complexity index is 1540. The van der Waals surface area contributed by atoms with Crippen molar-refractivity contribution in [3.8, 4) is 0 Å².